The van der Waals surface area contributed by atoms with Crippen molar-refractivity contribution in [2.75, 3.05) is 13.1 Å². The molecule has 1 saturated heterocycles. The zero-order chi connectivity index (χ0) is 20.1. The van der Waals surface area contributed by atoms with Crippen LogP contribution in [0.5, 0.6) is 0 Å². The Hall–Kier alpha value is -1.41. The van der Waals surface area contributed by atoms with Crippen molar-refractivity contribution in [2.45, 2.75) is 49.3 Å². The summed E-state index contributed by atoms with van der Waals surface area (Å²) >= 11 is 7.12. The molecule has 0 bridgehead atoms. The number of piperidine rings is 1. The maximum absolute atomic E-state index is 12.7. The van der Waals surface area contributed by atoms with Crippen LogP contribution < -0.4 is 5.32 Å². The smallest absolute Gasteiger partial charge is 0.252 e. The highest BCUT2D eigenvalue weighted by Crippen LogP contribution is 2.27. The van der Waals surface area contributed by atoms with E-state index in [0.717, 1.165) is 36.1 Å². The van der Waals surface area contributed by atoms with E-state index in [-0.39, 0.29) is 18.4 Å². The number of hydrogen-bond donors (Lipinski definition) is 1. The zero-order valence-corrected chi connectivity index (χ0v) is 18.2. The third-order valence-electron chi connectivity index (χ3n) is 4.90. The number of sulfonamides is 1. The fourth-order valence-corrected chi connectivity index (χ4v) is 6.50. The molecule has 5 nitrogen and oxygen atoms in total. The lowest BCUT2D eigenvalue weighted by Crippen LogP contribution is -2.35. The van der Waals surface area contributed by atoms with Crippen LogP contribution in [-0.2, 0) is 21.2 Å². The number of rotatable bonds is 7. The van der Waals surface area contributed by atoms with Crippen molar-refractivity contribution in [3.05, 3.63) is 51.9 Å². The number of hydrogen-bond acceptors (Lipinski definition) is 4. The fourth-order valence-electron chi connectivity index (χ4n) is 3.34. The minimum atomic E-state index is -3.44. The molecule has 1 fully saturated rings. The van der Waals surface area contributed by atoms with Crippen molar-refractivity contribution in [3.63, 3.8) is 0 Å². The monoisotopic (exact) mass is 440 g/mol. The molecule has 1 aromatic heterocycles. The van der Waals surface area contributed by atoms with Gasteiger partial charge in [-0.3, -0.25) is 4.79 Å². The van der Waals surface area contributed by atoms with Crippen LogP contribution in [0.15, 0.2) is 40.6 Å². The molecule has 1 N–H and O–H groups in total. The van der Waals surface area contributed by atoms with Crippen molar-refractivity contribution in [3.8, 4) is 0 Å². The highest BCUT2D eigenvalue weighted by molar-refractivity contribution is 7.91. The van der Waals surface area contributed by atoms with Crippen molar-refractivity contribution in [2.24, 2.45) is 0 Å². The van der Waals surface area contributed by atoms with Crippen molar-refractivity contribution >= 4 is 38.9 Å². The van der Waals surface area contributed by atoms with Gasteiger partial charge in [0.15, 0.2) is 0 Å². The molecule has 0 radical (unpaired) electrons. The molecule has 0 aliphatic carbocycles. The zero-order valence-electron chi connectivity index (χ0n) is 15.9. The van der Waals surface area contributed by atoms with E-state index in [2.05, 4.69) is 5.32 Å². The van der Waals surface area contributed by atoms with Crippen LogP contribution in [0.1, 0.15) is 49.1 Å². The van der Waals surface area contributed by atoms with Gasteiger partial charge in [0.2, 0.25) is 5.91 Å². The van der Waals surface area contributed by atoms with Gasteiger partial charge in [-0.05, 0) is 49.1 Å². The van der Waals surface area contributed by atoms with Crippen LogP contribution >= 0.6 is 22.9 Å². The molecular weight excluding hydrogens is 416 g/mol. The first-order valence-corrected chi connectivity index (χ1v) is 12.2. The lowest BCUT2D eigenvalue weighted by molar-refractivity contribution is -0.121. The summed E-state index contributed by atoms with van der Waals surface area (Å²) in [6, 6.07) is 10.7. The summed E-state index contributed by atoms with van der Waals surface area (Å²) in [4.78, 5) is 13.2. The molecule has 1 amide bonds. The van der Waals surface area contributed by atoms with Gasteiger partial charge in [0.25, 0.3) is 10.0 Å². The molecule has 1 aromatic carbocycles. The lowest BCUT2D eigenvalue weighted by atomic mass is 10.0. The van der Waals surface area contributed by atoms with Gasteiger partial charge in [0.05, 0.1) is 12.5 Å². The van der Waals surface area contributed by atoms with Gasteiger partial charge in [0, 0.05) is 23.0 Å². The maximum atomic E-state index is 12.7. The first-order valence-electron chi connectivity index (χ1n) is 9.54. The topological polar surface area (TPSA) is 66.5 Å². The molecule has 8 heteroatoms. The molecule has 1 atom stereocenters. The van der Waals surface area contributed by atoms with Gasteiger partial charge in [-0.25, -0.2) is 8.42 Å². The quantitative estimate of drug-likeness (QED) is 0.694. The molecule has 1 aliphatic heterocycles. The Labute approximate surface area is 175 Å². The van der Waals surface area contributed by atoms with E-state index in [4.69, 9.17) is 11.6 Å². The molecule has 0 spiro atoms. The Morgan fingerprint density at radius 1 is 1.14 bits per heavy atom. The van der Waals surface area contributed by atoms with Gasteiger partial charge < -0.3 is 5.32 Å². The largest absolute Gasteiger partial charge is 0.349 e. The number of halogens is 1. The van der Waals surface area contributed by atoms with Crippen LogP contribution in [-0.4, -0.2) is 31.7 Å². The molecule has 0 saturated carbocycles. The molecule has 2 heterocycles. The fraction of sp³-hybridized carbons (Fsp3) is 0.450. The van der Waals surface area contributed by atoms with Crippen LogP contribution in [0.4, 0.5) is 0 Å². The second-order valence-corrected chi connectivity index (χ2v) is 10.7. The molecule has 28 heavy (non-hydrogen) atoms. The van der Waals surface area contributed by atoms with Gasteiger partial charge in [-0.1, -0.05) is 37.1 Å². The van der Waals surface area contributed by atoms with E-state index in [9.17, 15) is 13.2 Å². The summed E-state index contributed by atoms with van der Waals surface area (Å²) < 4.78 is 27.4. The second-order valence-electron chi connectivity index (χ2n) is 6.94. The predicted octanol–water partition coefficient (Wildman–Crippen LogP) is 4.39. The summed E-state index contributed by atoms with van der Waals surface area (Å²) in [7, 11) is -3.44. The third kappa shape index (κ3) is 5.14. The average molecular weight is 441 g/mol. The highest BCUT2D eigenvalue weighted by atomic mass is 35.5. The summed E-state index contributed by atoms with van der Waals surface area (Å²) in [6.45, 7) is 3.17. The van der Waals surface area contributed by atoms with Gasteiger partial charge in [0.1, 0.15) is 4.21 Å². The van der Waals surface area contributed by atoms with E-state index >= 15 is 0 Å². The average Bonchev–Trinajstić information content (AvgIpc) is 3.17. The Morgan fingerprint density at radius 3 is 2.46 bits per heavy atom. The summed E-state index contributed by atoms with van der Waals surface area (Å²) in [6.07, 6.45) is 3.82. The third-order valence-corrected chi connectivity index (χ3v) is 8.60. The summed E-state index contributed by atoms with van der Waals surface area (Å²) in [5.41, 5.74) is 1.000. The van der Waals surface area contributed by atoms with Crippen LogP contribution in [0, 0.1) is 0 Å². The highest BCUT2D eigenvalue weighted by Gasteiger charge is 2.27. The number of amides is 1. The van der Waals surface area contributed by atoms with Gasteiger partial charge in [-0.2, -0.15) is 4.31 Å². The van der Waals surface area contributed by atoms with E-state index in [1.807, 2.05) is 31.2 Å². The molecule has 152 valence electrons. The van der Waals surface area contributed by atoms with Crippen molar-refractivity contribution in [1.29, 1.82) is 0 Å². The number of nitrogens with one attached hydrogen (secondary N) is 1. The Morgan fingerprint density at radius 2 is 1.82 bits per heavy atom. The SMILES string of the molecule is CCC(NC(=O)Cc1ccc(S(=O)(=O)N2CCCCC2)s1)c1ccc(Cl)cc1. The van der Waals surface area contributed by atoms with Gasteiger partial charge >= 0.3 is 0 Å². The molecule has 3 rings (SSSR count). The first-order chi connectivity index (χ1) is 13.4. The van der Waals surface area contributed by atoms with E-state index < -0.39 is 10.0 Å². The van der Waals surface area contributed by atoms with E-state index in [1.165, 1.54) is 11.3 Å². The number of carbonyl (C=O) groups is 1. The number of thiophene rings is 1. The van der Waals surface area contributed by atoms with E-state index in [1.54, 1.807) is 16.4 Å². The Balaban J connectivity index is 1.64. The van der Waals surface area contributed by atoms with Crippen LogP contribution in [0.2, 0.25) is 5.02 Å². The van der Waals surface area contributed by atoms with Crippen molar-refractivity contribution < 1.29 is 13.2 Å². The second kappa shape index (κ2) is 9.39. The standard InChI is InChI=1S/C20H25ClN2O3S2/c1-2-18(15-6-8-16(21)9-7-15)22-19(24)14-17-10-11-20(27-17)28(25,26)23-12-4-3-5-13-23/h6-11,18H,2-5,12-14H2,1H3,(H,22,24). The maximum Gasteiger partial charge on any atom is 0.252 e. The number of nitrogens with zero attached hydrogens (tertiary/aromatic N) is 1. The first kappa shape index (κ1) is 21.3. The number of benzene rings is 1. The normalized spacial score (nSPS) is 16.6. The molecule has 2 aromatic rings. The molecular formula is C20H25ClN2O3S2. The van der Waals surface area contributed by atoms with Crippen molar-refractivity contribution in [1.82, 2.24) is 9.62 Å². The van der Waals surface area contributed by atoms with Crippen LogP contribution in [0.3, 0.4) is 0 Å². The minimum absolute atomic E-state index is 0.0960. The lowest BCUT2D eigenvalue weighted by Gasteiger charge is -2.25. The van der Waals surface area contributed by atoms with Gasteiger partial charge in [-0.15, -0.1) is 11.3 Å². The van der Waals surface area contributed by atoms with E-state index in [0.29, 0.717) is 22.3 Å². The number of carbonyl (C=O) groups excluding carboxylic acids is 1. The van der Waals surface area contributed by atoms with Crippen LogP contribution in [0.25, 0.3) is 0 Å². The minimum Gasteiger partial charge on any atom is -0.349 e. The predicted molar refractivity (Wildman–Crippen MR) is 113 cm³/mol. The molecule has 1 aliphatic rings. The Bertz CT molecular complexity index is 904. The summed E-state index contributed by atoms with van der Waals surface area (Å²) in [5.74, 6) is -0.120. The Kier molecular flexibility index (Phi) is 7.15. The molecule has 1 unspecified atom stereocenters. The summed E-state index contributed by atoms with van der Waals surface area (Å²) in [5, 5.41) is 3.69.